The van der Waals surface area contributed by atoms with Gasteiger partial charge >= 0.3 is 6.18 Å². The van der Waals surface area contributed by atoms with Gasteiger partial charge in [-0.25, -0.2) is 0 Å². The molecular formula is C28H27F3N2. The Bertz CT molecular complexity index is 1050. The fourth-order valence-corrected chi connectivity index (χ4v) is 5.55. The van der Waals surface area contributed by atoms with Gasteiger partial charge in [-0.2, -0.15) is 13.2 Å². The Morgan fingerprint density at radius 2 is 1.42 bits per heavy atom. The topological polar surface area (TPSA) is 15.6 Å². The molecule has 3 aromatic carbocycles. The number of piperidine rings is 3. The predicted molar refractivity (Wildman–Crippen MR) is 126 cm³/mol. The highest BCUT2D eigenvalue weighted by atomic mass is 19.4. The van der Waals surface area contributed by atoms with Crippen molar-refractivity contribution in [1.29, 1.82) is 0 Å². The zero-order valence-corrected chi connectivity index (χ0v) is 18.3. The molecule has 0 N–H and O–H groups in total. The smallest absolute Gasteiger partial charge is 0.297 e. The fraction of sp³-hybridized carbons (Fsp3) is 0.321. The van der Waals surface area contributed by atoms with E-state index < -0.39 is 11.7 Å². The third-order valence-electron chi connectivity index (χ3n) is 7.10. The zero-order chi connectivity index (χ0) is 22.8. The first kappa shape index (κ1) is 21.9. The van der Waals surface area contributed by atoms with Crippen LogP contribution in [-0.4, -0.2) is 36.3 Å². The molecule has 3 fully saturated rings. The van der Waals surface area contributed by atoms with Gasteiger partial charge in [0.15, 0.2) is 0 Å². The number of rotatable bonds is 5. The molecule has 0 aliphatic carbocycles. The van der Waals surface area contributed by atoms with Crippen LogP contribution in [0, 0.1) is 5.92 Å². The minimum Gasteiger partial charge on any atom is -0.297 e. The standard InChI is InChI=1S/C28H27F3N2/c29-28(30,31)24-13-7-8-20(18-24)19-32-26-23-14-16-33(17-15-23)27(26)25(21-9-3-1-4-10-21)22-11-5-2-6-12-22/h1-13,18-19,23,25-27H,14-17H2/t26-,27+/m1/s1. The van der Waals surface area contributed by atoms with Gasteiger partial charge < -0.3 is 0 Å². The second kappa shape index (κ2) is 9.14. The second-order valence-corrected chi connectivity index (χ2v) is 9.06. The third-order valence-corrected chi connectivity index (χ3v) is 7.10. The lowest BCUT2D eigenvalue weighted by Crippen LogP contribution is -2.59. The molecule has 0 aromatic heterocycles. The van der Waals surface area contributed by atoms with Crippen LogP contribution in [0.25, 0.3) is 0 Å². The molecule has 0 spiro atoms. The van der Waals surface area contributed by atoms with Crippen LogP contribution in [0.3, 0.4) is 0 Å². The quantitative estimate of drug-likeness (QED) is 0.411. The molecule has 0 unspecified atom stereocenters. The highest BCUT2D eigenvalue weighted by molar-refractivity contribution is 5.80. The van der Waals surface area contributed by atoms with Crippen molar-refractivity contribution in [1.82, 2.24) is 4.90 Å². The molecule has 2 bridgehead atoms. The summed E-state index contributed by atoms with van der Waals surface area (Å²) in [4.78, 5) is 7.52. The maximum absolute atomic E-state index is 13.2. The van der Waals surface area contributed by atoms with Crippen LogP contribution < -0.4 is 0 Å². The molecule has 6 rings (SSSR count). The summed E-state index contributed by atoms with van der Waals surface area (Å²) in [5.74, 6) is 0.594. The maximum Gasteiger partial charge on any atom is 0.416 e. The summed E-state index contributed by atoms with van der Waals surface area (Å²) in [7, 11) is 0. The van der Waals surface area contributed by atoms with Gasteiger partial charge in [-0.3, -0.25) is 9.89 Å². The Morgan fingerprint density at radius 3 is 2.00 bits per heavy atom. The van der Waals surface area contributed by atoms with E-state index in [1.807, 2.05) is 12.1 Å². The number of benzene rings is 3. The van der Waals surface area contributed by atoms with Gasteiger partial charge in [-0.05, 0) is 60.7 Å². The molecule has 2 nitrogen and oxygen atoms in total. The van der Waals surface area contributed by atoms with Crippen LogP contribution in [-0.2, 0) is 6.18 Å². The Kier molecular flexibility index (Phi) is 6.07. The molecular weight excluding hydrogens is 421 g/mol. The molecule has 3 saturated heterocycles. The molecule has 0 amide bonds. The van der Waals surface area contributed by atoms with E-state index in [4.69, 9.17) is 4.99 Å². The van der Waals surface area contributed by atoms with Gasteiger partial charge in [-0.1, -0.05) is 72.8 Å². The van der Waals surface area contributed by atoms with E-state index in [0.717, 1.165) is 32.0 Å². The summed E-state index contributed by atoms with van der Waals surface area (Å²) >= 11 is 0. The number of aliphatic imine (C=N–C) groups is 1. The van der Waals surface area contributed by atoms with E-state index in [9.17, 15) is 13.2 Å². The highest BCUT2D eigenvalue weighted by Crippen LogP contribution is 2.43. The van der Waals surface area contributed by atoms with Crippen LogP contribution in [0.2, 0.25) is 0 Å². The SMILES string of the molecule is FC(F)(F)c1cccc(C=N[C@@H]2C3CCN(CC3)[C@H]2C(c2ccccc2)c2ccccc2)c1. The van der Waals surface area contributed by atoms with E-state index in [1.54, 1.807) is 12.3 Å². The normalized spacial score (nSPS) is 25.1. The Balaban J connectivity index is 1.53. The summed E-state index contributed by atoms with van der Waals surface area (Å²) in [5.41, 5.74) is 2.36. The molecule has 170 valence electrons. The van der Waals surface area contributed by atoms with Crippen LogP contribution >= 0.6 is 0 Å². The molecule has 3 heterocycles. The third kappa shape index (κ3) is 4.60. The first-order chi connectivity index (χ1) is 16.0. The van der Waals surface area contributed by atoms with Gasteiger partial charge in [0.05, 0.1) is 11.6 Å². The molecule has 3 aromatic rings. The second-order valence-electron chi connectivity index (χ2n) is 9.06. The van der Waals surface area contributed by atoms with Gasteiger partial charge in [0, 0.05) is 18.2 Å². The molecule has 0 radical (unpaired) electrons. The monoisotopic (exact) mass is 448 g/mol. The minimum atomic E-state index is -4.35. The van der Waals surface area contributed by atoms with Gasteiger partial charge in [0.25, 0.3) is 0 Å². The van der Waals surface area contributed by atoms with E-state index in [0.29, 0.717) is 11.5 Å². The van der Waals surface area contributed by atoms with E-state index in [-0.39, 0.29) is 18.0 Å². The van der Waals surface area contributed by atoms with Gasteiger partial charge in [-0.15, -0.1) is 0 Å². The molecule has 3 aliphatic heterocycles. The first-order valence-electron chi connectivity index (χ1n) is 11.5. The summed E-state index contributed by atoms with van der Waals surface area (Å²) < 4.78 is 39.5. The van der Waals surface area contributed by atoms with Crippen molar-refractivity contribution >= 4 is 6.21 Å². The summed E-state index contributed by atoms with van der Waals surface area (Å²) in [5, 5.41) is 0. The summed E-state index contributed by atoms with van der Waals surface area (Å²) in [6.45, 7) is 2.09. The molecule has 3 aliphatic rings. The maximum atomic E-state index is 13.2. The van der Waals surface area contributed by atoms with Crippen LogP contribution in [0.4, 0.5) is 13.2 Å². The molecule has 5 heteroatoms. The minimum absolute atomic E-state index is 0.0347. The van der Waals surface area contributed by atoms with Crippen molar-refractivity contribution in [3.63, 3.8) is 0 Å². The Hall–Kier alpha value is -2.92. The lowest BCUT2D eigenvalue weighted by Gasteiger charge is -2.52. The van der Waals surface area contributed by atoms with Crippen molar-refractivity contribution in [3.8, 4) is 0 Å². The summed E-state index contributed by atoms with van der Waals surface area (Å²) in [6.07, 6.45) is -0.537. The predicted octanol–water partition coefficient (Wildman–Crippen LogP) is 6.42. The van der Waals surface area contributed by atoms with Crippen molar-refractivity contribution in [2.24, 2.45) is 10.9 Å². The average Bonchev–Trinajstić information content (AvgIpc) is 2.85. The van der Waals surface area contributed by atoms with Crippen LogP contribution in [0.15, 0.2) is 89.9 Å². The van der Waals surface area contributed by atoms with Gasteiger partial charge in [0.2, 0.25) is 0 Å². The molecule has 33 heavy (non-hydrogen) atoms. The largest absolute Gasteiger partial charge is 0.416 e. The van der Waals surface area contributed by atoms with E-state index in [2.05, 4.69) is 53.4 Å². The van der Waals surface area contributed by atoms with Crippen molar-refractivity contribution < 1.29 is 13.2 Å². The van der Waals surface area contributed by atoms with E-state index in [1.165, 1.54) is 23.3 Å². The number of alkyl halides is 3. The zero-order valence-electron chi connectivity index (χ0n) is 18.3. The molecule has 0 saturated carbocycles. The van der Waals surface area contributed by atoms with Crippen molar-refractivity contribution in [2.45, 2.75) is 37.0 Å². The van der Waals surface area contributed by atoms with Gasteiger partial charge in [0.1, 0.15) is 0 Å². The van der Waals surface area contributed by atoms with Crippen LogP contribution in [0.1, 0.15) is 41.0 Å². The average molecular weight is 449 g/mol. The number of hydrogen-bond donors (Lipinski definition) is 0. The number of nitrogens with zero attached hydrogens (tertiary/aromatic N) is 2. The van der Waals surface area contributed by atoms with Crippen molar-refractivity contribution in [3.05, 3.63) is 107 Å². The number of hydrogen-bond acceptors (Lipinski definition) is 2. The summed E-state index contributed by atoms with van der Waals surface area (Å²) in [6, 6.07) is 26.7. The Morgan fingerprint density at radius 1 is 0.818 bits per heavy atom. The van der Waals surface area contributed by atoms with Crippen molar-refractivity contribution in [2.75, 3.05) is 13.1 Å². The Labute approximate surface area is 192 Å². The lowest BCUT2D eigenvalue weighted by molar-refractivity contribution is -0.137. The highest BCUT2D eigenvalue weighted by Gasteiger charge is 2.46. The fourth-order valence-electron chi connectivity index (χ4n) is 5.55. The number of halogens is 3. The van der Waals surface area contributed by atoms with Crippen LogP contribution in [0.5, 0.6) is 0 Å². The first-order valence-corrected chi connectivity index (χ1v) is 11.5. The van der Waals surface area contributed by atoms with E-state index >= 15 is 0 Å². The molecule has 2 atom stereocenters. The lowest BCUT2D eigenvalue weighted by atomic mass is 9.71. The number of fused-ring (bicyclic) bond motifs is 3.